The second-order valence-electron chi connectivity index (χ2n) is 15.4. The molecule has 5 rings (SSSR count). The number of hydrogen-bond donors (Lipinski definition) is 0. The zero-order valence-electron chi connectivity index (χ0n) is 25.7. The van der Waals surface area contributed by atoms with Crippen LogP contribution < -0.4 is 0 Å². The van der Waals surface area contributed by atoms with E-state index in [2.05, 4.69) is 60.6 Å². The highest BCUT2D eigenvalue weighted by atomic mass is 16.5. The molecule has 38 heavy (non-hydrogen) atoms. The SMILES string of the molecule is CC1=CC(C(=O)OC2CCC3(C)C(=CCC4C3CCC3(C)C(C(C)CCCC(C)C)CCC43)C2)=CC(C)C1. The maximum atomic E-state index is 13.0. The lowest BCUT2D eigenvalue weighted by Gasteiger charge is -2.58. The molecule has 9 unspecified atom stereocenters. The average Bonchev–Trinajstić information content (AvgIpc) is 3.20. The zero-order chi connectivity index (χ0) is 27.2. The van der Waals surface area contributed by atoms with Gasteiger partial charge in [-0.15, -0.1) is 0 Å². The minimum absolute atomic E-state index is 0.0432. The van der Waals surface area contributed by atoms with E-state index >= 15 is 0 Å². The van der Waals surface area contributed by atoms with Crippen molar-refractivity contribution in [3.05, 3.63) is 34.9 Å². The van der Waals surface area contributed by atoms with Gasteiger partial charge in [-0.3, -0.25) is 0 Å². The number of carbonyl (C=O) groups is 1. The van der Waals surface area contributed by atoms with Crippen molar-refractivity contribution < 1.29 is 9.53 Å². The van der Waals surface area contributed by atoms with Gasteiger partial charge in [-0.2, -0.15) is 0 Å². The molecule has 0 heterocycles. The summed E-state index contributed by atoms with van der Waals surface area (Å²) >= 11 is 0. The van der Waals surface area contributed by atoms with E-state index in [0.29, 0.717) is 16.7 Å². The van der Waals surface area contributed by atoms with Crippen molar-refractivity contribution in [1.29, 1.82) is 0 Å². The summed E-state index contributed by atoms with van der Waals surface area (Å²) in [5.41, 5.74) is 4.52. The Morgan fingerprint density at radius 1 is 1.03 bits per heavy atom. The number of esters is 1. The molecule has 5 aliphatic carbocycles. The molecule has 0 aliphatic heterocycles. The Morgan fingerprint density at radius 3 is 2.55 bits per heavy atom. The van der Waals surface area contributed by atoms with Gasteiger partial charge in [-0.1, -0.05) is 84.1 Å². The molecule has 3 fully saturated rings. The fourth-order valence-electron chi connectivity index (χ4n) is 10.3. The highest BCUT2D eigenvalue weighted by Crippen LogP contribution is 2.67. The Balaban J connectivity index is 1.24. The third kappa shape index (κ3) is 5.24. The molecule has 0 bridgehead atoms. The summed E-state index contributed by atoms with van der Waals surface area (Å²) in [5.74, 6) is 5.52. The van der Waals surface area contributed by atoms with E-state index < -0.39 is 0 Å². The molecule has 0 N–H and O–H groups in total. The van der Waals surface area contributed by atoms with Crippen LogP contribution in [0.5, 0.6) is 0 Å². The van der Waals surface area contributed by atoms with Crippen molar-refractivity contribution >= 4 is 5.97 Å². The molecule has 0 amide bonds. The Kier molecular flexibility index (Phi) is 8.12. The number of ether oxygens (including phenoxy) is 1. The molecular formula is C36H56O2. The Hall–Kier alpha value is -1.31. The average molecular weight is 521 g/mol. The van der Waals surface area contributed by atoms with E-state index in [-0.39, 0.29) is 12.1 Å². The Morgan fingerprint density at radius 2 is 1.82 bits per heavy atom. The highest BCUT2D eigenvalue weighted by Gasteiger charge is 2.59. The van der Waals surface area contributed by atoms with Crippen molar-refractivity contribution in [2.75, 3.05) is 0 Å². The van der Waals surface area contributed by atoms with Crippen LogP contribution in [0.4, 0.5) is 0 Å². The molecule has 0 saturated heterocycles. The summed E-state index contributed by atoms with van der Waals surface area (Å²) in [6, 6.07) is 0. The smallest absolute Gasteiger partial charge is 0.338 e. The largest absolute Gasteiger partial charge is 0.458 e. The van der Waals surface area contributed by atoms with Gasteiger partial charge in [0.2, 0.25) is 0 Å². The van der Waals surface area contributed by atoms with Gasteiger partial charge >= 0.3 is 5.97 Å². The maximum Gasteiger partial charge on any atom is 0.338 e. The summed E-state index contributed by atoms with van der Waals surface area (Å²) < 4.78 is 6.14. The first kappa shape index (κ1) is 28.2. The van der Waals surface area contributed by atoms with Crippen LogP contribution in [-0.2, 0) is 9.53 Å². The summed E-state index contributed by atoms with van der Waals surface area (Å²) in [7, 11) is 0. The summed E-state index contributed by atoms with van der Waals surface area (Å²) in [4.78, 5) is 13.0. The predicted molar refractivity (Wildman–Crippen MR) is 159 cm³/mol. The zero-order valence-corrected chi connectivity index (χ0v) is 25.7. The van der Waals surface area contributed by atoms with Gasteiger partial charge in [-0.25, -0.2) is 4.79 Å². The van der Waals surface area contributed by atoms with E-state index in [4.69, 9.17) is 4.74 Å². The lowest BCUT2D eigenvalue weighted by Crippen LogP contribution is -2.51. The minimum Gasteiger partial charge on any atom is -0.458 e. The van der Waals surface area contributed by atoms with E-state index in [1.54, 1.807) is 5.57 Å². The van der Waals surface area contributed by atoms with Crippen LogP contribution >= 0.6 is 0 Å². The van der Waals surface area contributed by atoms with E-state index in [1.807, 2.05) is 6.08 Å². The minimum atomic E-state index is -0.105. The van der Waals surface area contributed by atoms with Crippen LogP contribution in [-0.4, -0.2) is 12.1 Å². The molecule has 212 valence electrons. The number of fused-ring (bicyclic) bond motifs is 5. The van der Waals surface area contributed by atoms with Crippen LogP contribution in [0.25, 0.3) is 0 Å². The quantitative estimate of drug-likeness (QED) is 0.247. The second-order valence-corrected chi connectivity index (χ2v) is 15.4. The number of carbonyl (C=O) groups excluding carboxylic acids is 1. The topological polar surface area (TPSA) is 26.3 Å². The van der Waals surface area contributed by atoms with Gasteiger partial charge in [-0.05, 0) is 117 Å². The van der Waals surface area contributed by atoms with Gasteiger partial charge < -0.3 is 4.74 Å². The molecule has 0 aromatic carbocycles. The summed E-state index contributed by atoms with van der Waals surface area (Å²) in [5, 5.41) is 0. The summed E-state index contributed by atoms with van der Waals surface area (Å²) in [6.07, 6.45) is 22.2. The van der Waals surface area contributed by atoms with E-state index in [0.717, 1.165) is 60.3 Å². The molecule has 3 saturated carbocycles. The molecule has 2 heteroatoms. The summed E-state index contributed by atoms with van der Waals surface area (Å²) in [6.45, 7) is 16.9. The maximum absolute atomic E-state index is 13.0. The van der Waals surface area contributed by atoms with Gasteiger partial charge in [0.25, 0.3) is 0 Å². The fourth-order valence-corrected chi connectivity index (χ4v) is 10.3. The van der Waals surface area contributed by atoms with Crippen molar-refractivity contribution in [3.8, 4) is 0 Å². The first-order valence-corrected chi connectivity index (χ1v) is 16.3. The van der Waals surface area contributed by atoms with Crippen LogP contribution in [0.1, 0.15) is 126 Å². The number of allylic oxidation sites excluding steroid dienone is 3. The molecule has 0 radical (unpaired) electrons. The lowest BCUT2D eigenvalue weighted by atomic mass is 9.47. The molecule has 0 spiro atoms. The molecule has 0 aromatic heterocycles. The first-order chi connectivity index (χ1) is 18.0. The normalized spacial score (nSPS) is 41.3. The second kappa shape index (κ2) is 10.9. The number of hydrogen-bond acceptors (Lipinski definition) is 2. The van der Waals surface area contributed by atoms with Gasteiger partial charge in [0.05, 0.1) is 5.57 Å². The molecule has 5 aliphatic rings. The van der Waals surface area contributed by atoms with Crippen molar-refractivity contribution in [3.63, 3.8) is 0 Å². The predicted octanol–water partition coefficient (Wildman–Crippen LogP) is 9.85. The Bertz CT molecular complexity index is 983. The lowest BCUT2D eigenvalue weighted by molar-refractivity contribution is -0.146. The van der Waals surface area contributed by atoms with Crippen LogP contribution in [0, 0.1) is 52.3 Å². The fraction of sp³-hybridized carbons (Fsp3) is 0.806. The van der Waals surface area contributed by atoms with Gasteiger partial charge in [0, 0.05) is 6.42 Å². The van der Waals surface area contributed by atoms with E-state index in [1.165, 1.54) is 63.4 Å². The number of rotatable bonds is 7. The third-order valence-electron chi connectivity index (χ3n) is 12.3. The first-order valence-electron chi connectivity index (χ1n) is 16.3. The van der Waals surface area contributed by atoms with Gasteiger partial charge in [0.1, 0.15) is 6.10 Å². The molecule has 2 nitrogen and oxygen atoms in total. The highest BCUT2D eigenvalue weighted by molar-refractivity contribution is 5.92. The third-order valence-corrected chi connectivity index (χ3v) is 12.3. The Labute approximate surface area is 234 Å². The van der Waals surface area contributed by atoms with Crippen LogP contribution in [0.15, 0.2) is 34.9 Å². The molecule has 9 atom stereocenters. The van der Waals surface area contributed by atoms with E-state index in [9.17, 15) is 4.79 Å². The molecule has 0 aromatic rings. The van der Waals surface area contributed by atoms with Gasteiger partial charge in [0.15, 0.2) is 0 Å². The molecular weight excluding hydrogens is 464 g/mol. The van der Waals surface area contributed by atoms with Crippen molar-refractivity contribution in [1.82, 2.24) is 0 Å². The monoisotopic (exact) mass is 520 g/mol. The standard InChI is InChI=1S/C36H56O2/c1-23(2)9-8-10-26(5)31-13-14-32-30-12-11-28-22-29(38-34(37)27-20-24(3)19-25(4)21-27)15-17-35(28,6)33(30)16-18-36(31,32)7/h11,20-21,23-24,26,29-33H,8-10,12-19,22H2,1-7H3. The van der Waals surface area contributed by atoms with Crippen molar-refractivity contribution in [2.24, 2.45) is 52.3 Å². The van der Waals surface area contributed by atoms with Crippen LogP contribution in [0.3, 0.4) is 0 Å². The van der Waals surface area contributed by atoms with Crippen LogP contribution in [0.2, 0.25) is 0 Å². The van der Waals surface area contributed by atoms with Crippen molar-refractivity contribution in [2.45, 2.75) is 132 Å².